The summed E-state index contributed by atoms with van der Waals surface area (Å²) in [6.45, 7) is 6.79. The minimum atomic E-state index is -4.06. The maximum atomic E-state index is 13.9. The molecule has 4 aromatic rings. The van der Waals surface area contributed by atoms with E-state index >= 15 is 0 Å². The summed E-state index contributed by atoms with van der Waals surface area (Å²) < 4.78 is 71.2. The van der Waals surface area contributed by atoms with Gasteiger partial charge < -0.3 is 4.55 Å². The van der Waals surface area contributed by atoms with Gasteiger partial charge in [-0.2, -0.15) is 0 Å². The van der Waals surface area contributed by atoms with Gasteiger partial charge in [-0.15, -0.1) is 11.3 Å². The van der Waals surface area contributed by atoms with Crippen LogP contribution in [0.1, 0.15) is 63.0 Å². The van der Waals surface area contributed by atoms with Gasteiger partial charge in [-0.25, -0.2) is 22.2 Å². The molecule has 1 atom stereocenters. The number of imidazole rings is 1. The maximum Gasteiger partial charge on any atom is 0.329 e. The lowest BCUT2D eigenvalue weighted by Crippen LogP contribution is -2.55. The summed E-state index contributed by atoms with van der Waals surface area (Å²) in [5.41, 5.74) is -0.760. The fourth-order valence-electron chi connectivity index (χ4n) is 5.43. The van der Waals surface area contributed by atoms with Crippen LogP contribution in [0.25, 0.3) is 22.1 Å². The molecule has 12 heteroatoms. The van der Waals surface area contributed by atoms with Crippen LogP contribution in [-0.2, 0) is 28.4 Å². The number of aryl methyl sites for hydroxylation is 1. The van der Waals surface area contributed by atoms with Crippen molar-refractivity contribution < 1.29 is 17.1 Å². The molecule has 0 aliphatic heterocycles. The summed E-state index contributed by atoms with van der Waals surface area (Å²) in [6.07, 6.45) is 7.12. The Morgan fingerprint density at radius 3 is 2.58 bits per heavy atom. The number of fused-ring (bicyclic) bond motifs is 3. The molecule has 9 nitrogen and oxygen atoms in total. The molecule has 1 fully saturated rings. The predicted molar refractivity (Wildman–Crippen MR) is 163 cm³/mol. The van der Waals surface area contributed by atoms with Crippen molar-refractivity contribution in [3.8, 4) is 0 Å². The Balaban J connectivity index is 1.67. The van der Waals surface area contributed by atoms with Gasteiger partial charge >= 0.3 is 5.69 Å². The van der Waals surface area contributed by atoms with E-state index in [2.05, 4.69) is 32.2 Å². The largest absolute Gasteiger partial charge is 0.598 e. The minimum absolute atomic E-state index is 0.0599. The maximum absolute atomic E-state index is 13.9. The molecular formula is C28H34BrN5O4S2. The normalized spacial score (nSPS) is 22.6. The lowest BCUT2D eigenvalue weighted by atomic mass is 9.78. The van der Waals surface area contributed by atoms with Crippen LogP contribution < -0.4 is 10.4 Å². The third-order valence-corrected chi connectivity index (χ3v) is 11.5. The van der Waals surface area contributed by atoms with Crippen molar-refractivity contribution in [1.29, 1.82) is 0 Å². The lowest BCUT2D eigenvalue weighted by Gasteiger charge is -2.41. The minimum Gasteiger partial charge on any atom is -0.598 e. The van der Waals surface area contributed by atoms with E-state index in [4.69, 9.17) is 4.11 Å². The highest BCUT2D eigenvalue weighted by molar-refractivity contribution is 9.10. The first-order valence-corrected chi connectivity index (χ1v) is 16.3. The molecule has 1 aliphatic carbocycles. The first-order valence-electron chi connectivity index (χ1n) is 14.5. The zero-order valence-corrected chi connectivity index (χ0v) is 25.8. The standard InChI is InChI=1S/C28H34BrN5O4S2/c1-6-14-28(31-39(36)27(2,3)4)15-12-19(13-16-28)34-24-22(32(5)26(34)35)17-30-25-23(24)21(29)18-33(25)40(37,38)20-10-8-7-9-11-20/h6-11,17-19,31H,1,12-16H2,2-5H3/i5D3. The highest BCUT2D eigenvalue weighted by atomic mass is 79.9. The number of halogens is 1. The highest BCUT2D eigenvalue weighted by Crippen LogP contribution is 2.41. The van der Waals surface area contributed by atoms with E-state index in [1.54, 1.807) is 24.3 Å². The second-order valence-corrected chi connectivity index (χ2v) is 15.9. The Bertz CT molecular complexity index is 1850. The predicted octanol–water partition coefficient (Wildman–Crippen LogP) is 5.17. The molecule has 0 radical (unpaired) electrons. The van der Waals surface area contributed by atoms with Crippen LogP contribution in [0.2, 0.25) is 0 Å². The van der Waals surface area contributed by atoms with E-state index in [0.717, 1.165) is 8.54 Å². The Morgan fingerprint density at radius 1 is 1.30 bits per heavy atom. The average Bonchev–Trinajstić information content (AvgIpc) is 3.43. The summed E-state index contributed by atoms with van der Waals surface area (Å²) in [6, 6.07) is 7.52. The van der Waals surface area contributed by atoms with Gasteiger partial charge in [0.1, 0.15) is 4.75 Å². The second kappa shape index (κ2) is 10.5. The van der Waals surface area contributed by atoms with E-state index < -0.39 is 50.4 Å². The van der Waals surface area contributed by atoms with Crippen LogP contribution in [0, 0.1) is 0 Å². The fourth-order valence-corrected chi connectivity index (χ4v) is 8.46. The van der Waals surface area contributed by atoms with Gasteiger partial charge in [0, 0.05) is 39.2 Å². The van der Waals surface area contributed by atoms with E-state index in [-0.39, 0.29) is 16.1 Å². The molecular weight excluding hydrogens is 614 g/mol. The molecule has 0 amide bonds. The molecule has 1 N–H and O–H groups in total. The Morgan fingerprint density at radius 2 is 1.98 bits per heavy atom. The second-order valence-electron chi connectivity index (χ2n) is 11.3. The van der Waals surface area contributed by atoms with Gasteiger partial charge in [0.05, 0.1) is 33.1 Å². The van der Waals surface area contributed by atoms with Crippen LogP contribution >= 0.6 is 15.9 Å². The highest BCUT2D eigenvalue weighted by Gasteiger charge is 2.42. The lowest BCUT2D eigenvalue weighted by molar-refractivity contribution is 0.216. The smallest absolute Gasteiger partial charge is 0.329 e. The molecule has 214 valence electrons. The van der Waals surface area contributed by atoms with Crippen LogP contribution in [0.4, 0.5) is 0 Å². The third kappa shape index (κ3) is 4.87. The Kier molecular flexibility index (Phi) is 6.63. The third-order valence-electron chi connectivity index (χ3n) is 7.55. The molecule has 1 saturated carbocycles. The SMILES string of the molecule is [2H]C([2H])([2H])n1c(=O)n(C2CCC(CC=C)(N[S+]([O-])C(C)(C)C)CC2)c2c3c(Br)cn(S(=O)(=O)c4ccccc4)c3ncc21. The topological polar surface area (TPSA) is 114 Å². The van der Waals surface area contributed by atoms with Crippen LogP contribution in [0.15, 0.2) is 69.5 Å². The number of benzene rings is 1. The molecule has 0 spiro atoms. The van der Waals surface area contributed by atoms with Gasteiger partial charge in [0.25, 0.3) is 10.0 Å². The Labute approximate surface area is 250 Å². The van der Waals surface area contributed by atoms with Gasteiger partial charge in [-0.1, -0.05) is 24.3 Å². The molecule has 40 heavy (non-hydrogen) atoms. The summed E-state index contributed by atoms with van der Waals surface area (Å²) in [5.74, 6) is 0. The van der Waals surface area contributed by atoms with E-state index in [1.165, 1.54) is 29.1 Å². The summed E-state index contributed by atoms with van der Waals surface area (Å²) >= 11 is 2.16. The van der Waals surface area contributed by atoms with Crippen molar-refractivity contribution >= 4 is 59.4 Å². The molecule has 1 aliphatic rings. The summed E-state index contributed by atoms with van der Waals surface area (Å²) in [5, 5.41) is 0.326. The van der Waals surface area contributed by atoms with Crippen molar-refractivity contribution in [2.24, 2.45) is 6.98 Å². The fraction of sp³-hybridized carbons (Fsp3) is 0.429. The number of nitrogens with zero attached hydrogens (tertiary/aromatic N) is 4. The van der Waals surface area contributed by atoms with Gasteiger partial charge in [-0.3, -0.25) is 9.13 Å². The number of hydrogen-bond donors (Lipinski definition) is 1. The molecule has 3 aromatic heterocycles. The first-order chi connectivity index (χ1) is 20.0. The monoisotopic (exact) mass is 650 g/mol. The number of hydrogen-bond acceptors (Lipinski definition) is 6. The summed E-state index contributed by atoms with van der Waals surface area (Å²) in [7, 11) is -4.06. The number of pyridine rings is 1. The van der Waals surface area contributed by atoms with Crippen LogP contribution in [-0.4, -0.2) is 41.3 Å². The molecule has 0 bridgehead atoms. The van der Waals surface area contributed by atoms with Crippen molar-refractivity contribution in [3.05, 3.63) is 70.3 Å². The van der Waals surface area contributed by atoms with E-state index in [0.29, 0.717) is 47.5 Å². The quantitative estimate of drug-likeness (QED) is 0.218. The summed E-state index contributed by atoms with van der Waals surface area (Å²) in [4.78, 5) is 18.4. The van der Waals surface area contributed by atoms with Crippen molar-refractivity contribution in [1.82, 2.24) is 22.8 Å². The Hall–Kier alpha value is -2.38. The van der Waals surface area contributed by atoms with Crippen LogP contribution in [0.5, 0.6) is 0 Å². The van der Waals surface area contributed by atoms with Gasteiger partial charge in [-0.05, 0) is 80.9 Å². The molecule has 3 heterocycles. The zero-order valence-electron chi connectivity index (χ0n) is 25.6. The van der Waals surface area contributed by atoms with Gasteiger partial charge in [0.2, 0.25) is 0 Å². The zero-order chi connectivity index (χ0) is 31.5. The van der Waals surface area contributed by atoms with Crippen molar-refractivity contribution in [3.63, 3.8) is 0 Å². The van der Waals surface area contributed by atoms with Crippen LogP contribution in [0.3, 0.4) is 0 Å². The number of aromatic nitrogens is 4. The molecule has 1 aromatic carbocycles. The molecule has 0 saturated heterocycles. The number of nitrogens with one attached hydrogen (secondary N) is 1. The first kappa shape index (κ1) is 25.3. The van der Waals surface area contributed by atoms with E-state index in [1.807, 2.05) is 20.8 Å². The van der Waals surface area contributed by atoms with Crippen molar-refractivity contribution in [2.45, 2.75) is 74.1 Å². The van der Waals surface area contributed by atoms with E-state index in [9.17, 15) is 17.8 Å². The van der Waals surface area contributed by atoms with Crippen molar-refractivity contribution in [2.75, 3.05) is 0 Å². The average molecular weight is 652 g/mol. The number of rotatable bonds is 7. The molecule has 1 unspecified atom stereocenters. The van der Waals surface area contributed by atoms with Gasteiger partial charge in [0.15, 0.2) is 5.65 Å². The molecule has 5 rings (SSSR count).